The van der Waals surface area contributed by atoms with Crippen LogP contribution in [0.5, 0.6) is 0 Å². The molecule has 0 amide bonds. The van der Waals surface area contributed by atoms with Crippen LogP contribution in [0.25, 0.3) is 0 Å². The average Bonchev–Trinajstić information content (AvgIpc) is 2.37. The van der Waals surface area contributed by atoms with Gasteiger partial charge < -0.3 is 0 Å². The van der Waals surface area contributed by atoms with Crippen LogP contribution >= 0.6 is 23.2 Å². The Labute approximate surface area is 123 Å². The first-order valence-electron chi connectivity index (χ1n) is 5.49. The van der Waals surface area contributed by atoms with E-state index in [4.69, 9.17) is 29.0 Å². The molecule has 0 aliphatic carbocycles. The second-order valence-electron chi connectivity index (χ2n) is 4.05. The molecule has 2 aromatic rings. The Morgan fingerprint density at radius 2 is 1.60 bits per heavy atom. The molecule has 106 valence electrons. The molecule has 0 aromatic heterocycles. The number of rotatable bonds is 3. The van der Waals surface area contributed by atoms with Gasteiger partial charge in [-0.2, -0.15) is 0 Å². The minimum Gasteiger partial charge on any atom is -0.271 e. The third-order valence-corrected chi connectivity index (χ3v) is 3.35. The van der Waals surface area contributed by atoms with Crippen molar-refractivity contribution in [3.8, 4) is 0 Å². The van der Waals surface area contributed by atoms with E-state index in [2.05, 4.69) is 5.43 Å². The molecule has 0 saturated carbocycles. The molecule has 0 radical (unpaired) electrons. The van der Waals surface area contributed by atoms with Crippen LogP contribution in [0.1, 0.15) is 17.2 Å². The monoisotopic (exact) mass is 320 g/mol. The highest BCUT2D eigenvalue weighted by molar-refractivity contribution is 6.33. The molecule has 0 bridgehead atoms. The van der Waals surface area contributed by atoms with Gasteiger partial charge in [-0.15, -0.1) is 0 Å². The van der Waals surface area contributed by atoms with Crippen molar-refractivity contribution < 1.29 is 13.2 Å². The largest absolute Gasteiger partial charge is 0.271 e. The molecular weight excluding hydrogens is 312 g/mol. The van der Waals surface area contributed by atoms with Crippen LogP contribution in [0, 0.1) is 17.5 Å². The summed E-state index contributed by atoms with van der Waals surface area (Å²) in [5.74, 6) is 2.20. The van der Waals surface area contributed by atoms with Crippen molar-refractivity contribution in [3.63, 3.8) is 0 Å². The zero-order chi connectivity index (χ0) is 14.9. The van der Waals surface area contributed by atoms with E-state index in [1.807, 2.05) is 0 Å². The Morgan fingerprint density at radius 1 is 1.00 bits per heavy atom. The van der Waals surface area contributed by atoms with Gasteiger partial charge in [-0.3, -0.25) is 5.84 Å². The van der Waals surface area contributed by atoms with Gasteiger partial charge in [0.2, 0.25) is 0 Å². The molecule has 0 spiro atoms. The van der Waals surface area contributed by atoms with Gasteiger partial charge in [0.15, 0.2) is 0 Å². The lowest BCUT2D eigenvalue weighted by Gasteiger charge is -2.19. The van der Waals surface area contributed by atoms with Gasteiger partial charge in [-0.1, -0.05) is 23.2 Å². The molecule has 0 aliphatic heterocycles. The van der Waals surface area contributed by atoms with Gasteiger partial charge in [0, 0.05) is 27.7 Å². The topological polar surface area (TPSA) is 38.0 Å². The van der Waals surface area contributed by atoms with E-state index in [-0.39, 0.29) is 10.6 Å². The smallest absolute Gasteiger partial charge is 0.134 e. The predicted octanol–water partition coefficient (Wildman–Crippen LogP) is 3.96. The van der Waals surface area contributed by atoms with Crippen molar-refractivity contribution in [1.82, 2.24) is 5.43 Å². The number of nitrogens with one attached hydrogen (secondary N) is 1. The number of nitrogens with two attached hydrogens (primary N) is 1. The number of hydrogen-bond acceptors (Lipinski definition) is 2. The van der Waals surface area contributed by atoms with Crippen LogP contribution in [0.3, 0.4) is 0 Å². The van der Waals surface area contributed by atoms with Crippen LogP contribution in [0.15, 0.2) is 30.3 Å². The van der Waals surface area contributed by atoms with Gasteiger partial charge in [0.25, 0.3) is 0 Å². The third kappa shape index (κ3) is 2.91. The fourth-order valence-corrected chi connectivity index (χ4v) is 2.30. The summed E-state index contributed by atoms with van der Waals surface area (Å²) in [7, 11) is 0. The lowest BCUT2D eigenvalue weighted by Crippen LogP contribution is -2.30. The molecule has 1 atom stereocenters. The maximum absolute atomic E-state index is 13.8. The van der Waals surface area contributed by atoms with Crippen LogP contribution in [-0.4, -0.2) is 0 Å². The van der Waals surface area contributed by atoms with Crippen LogP contribution in [0.4, 0.5) is 13.2 Å². The molecule has 7 heteroatoms. The van der Waals surface area contributed by atoms with Crippen molar-refractivity contribution >= 4 is 23.2 Å². The summed E-state index contributed by atoms with van der Waals surface area (Å²) in [5, 5.41) is 0.549. The van der Waals surface area contributed by atoms with Gasteiger partial charge >= 0.3 is 0 Å². The third-order valence-electron chi connectivity index (χ3n) is 2.77. The lowest BCUT2D eigenvalue weighted by molar-refractivity contribution is 0.492. The zero-order valence-corrected chi connectivity index (χ0v) is 11.4. The molecule has 1 unspecified atom stereocenters. The van der Waals surface area contributed by atoms with Gasteiger partial charge in [0.05, 0.1) is 6.04 Å². The normalized spacial score (nSPS) is 12.5. The van der Waals surface area contributed by atoms with Crippen molar-refractivity contribution in [1.29, 1.82) is 0 Å². The van der Waals surface area contributed by atoms with E-state index in [1.54, 1.807) is 0 Å². The van der Waals surface area contributed by atoms with Crippen molar-refractivity contribution in [2.24, 2.45) is 5.84 Å². The minimum atomic E-state index is -1.10. The highest BCUT2D eigenvalue weighted by atomic mass is 35.5. The zero-order valence-electron chi connectivity index (χ0n) is 9.93. The average molecular weight is 321 g/mol. The van der Waals surface area contributed by atoms with Crippen LogP contribution < -0.4 is 11.3 Å². The second kappa shape index (κ2) is 6.01. The summed E-state index contributed by atoms with van der Waals surface area (Å²) in [6.07, 6.45) is 0. The Kier molecular flexibility index (Phi) is 4.55. The number of hydrogen-bond donors (Lipinski definition) is 2. The molecule has 2 rings (SSSR count). The molecule has 0 fully saturated rings. The summed E-state index contributed by atoms with van der Waals surface area (Å²) in [5.41, 5.74) is 2.11. The van der Waals surface area contributed by atoms with Crippen LogP contribution in [-0.2, 0) is 0 Å². The Balaban J connectivity index is 2.61. The molecule has 2 aromatic carbocycles. The number of hydrazine groups is 1. The first-order chi connectivity index (χ1) is 9.43. The molecule has 0 aliphatic rings. The molecule has 2 nitrogen and oxygen atoms in total. The summed E-state index contributed by atoms with van der Waals surface area (Å²) in [6.45, 7) is 0. The Hall–Kier alpha value is -1.27. The van der Waals surface area contributed by atoms with E-state index in [9.17, 15) is 13.2 Å². The van der Waals surface area contributed by atoms with Crippen molar-refractivity contribution in [2.45, 2.75) is 6.04 Å². The lowest BCUT2D eigenvalue weighted by atomic mass is 9.98. The van der Waals surface area contributed by atoms with Crippen molar-refractivity contribution in [3.05, 3.63) is 69.0 Å². The van der Waals surface area contributed by atoms with E-state index < -0.39 is 29.1 Å². The predicted molar refractivity (Wildman–Crippen MR) is 71.9 cm³/mol. The molecule has 0 saturated heterocycles. The first-order valence-corrected chi connectivity index (χ1v) is 6.25. The van der Waals surface area contributed by atoms with E-state index >= 15 is 0 Å². The van der Waals surface area contributed by atoms with Gasteiger partial charge in [-0.05, 0) is 23.8 Å². The second-order valence-corrected chi connectivity index (χ2v) is 4.89. The summed E-state index contributed by atoms with van der Waals surface area (Å²) >= 11 is 11.8. The van der Waals surface area contributed by atoms with E-state index in [0.29, 0.717) is 17.2 Å². The fraction of sp³-hybridized carbons (Fsp3) is 0.0769. The quantitative estimate of drug-likeness (QED) is 0.663. The fourth-order valence-electron chi connectivity index (χ4n) is 1.89. The highest BCUT2D eigenvalue weighted by Crippen LogP contribution is 2.33. The molecular formula is C13H9Cl2F3N2. The maximum Gasteiger partial charge on any atom is 0.134 e. The molecule has 0 heterocycles. The Bertz CT molecular complexity index is 627. The minimum absolute atomic E-state index is 0.223. The highest BCUT2D eigenvalue weighted by Gasteiger charge is 2.24. The SMILES string of the molecule is NNC(c1cc(Cl)ccc1Cl)c1c(F)cc(F)cc1F. The first kappa shape index (κ1) is 15.1. The maximum atomic E-state index is 13.8. The summed E-state index contributed by atoms with van der Waals surface area (Å²) in [4.78, 5) is 0. The van der Waals surface area contributed by atoms with Crippen LogP contribution in [0.2, 0.25) is 10.0 Å². The Morgan fingerprint density at radius 3 is 2.15 bits per heavy atom. The van der Waals surface area contributed by atoms with E-state index in [1.165, 1.54) is 18.2 Å². The standard InChI is InChI=1S/C13H9Cl2F3N2/c14-6-1-2-9(15)8(3-6)13(20-19)12-10(17)4-7(16)5-11(12)18/h1-5,13,20H,19H2. The summed E-state index contributed by atoms with van der Waals surface area (Å²) < 4.78 is 40.6. The van der Waals surface area contributed by atoms with Gasteiger partial charge in [0.1, 0.15) is 17.5 Å². The molecule has 20 heavy (non-hydrogen) atoms. The number of halogens is 5. The van der Waals surface area contributed by atoms with Crippen molar-refractivity contribution in [2.75, 3.05) is 0 Å². The molecule has 3 N–H and O–H groups in total. The summed E-state index contributed by atoms with van der Waals surface area (Å²) in [6, 6.07) is 4.47. The van der Waals surface area contributed by atoms with E-state index in [0.717, 1.165) is 0 Å². The van der Waals surface area contributed by atoms with Gasteiger partial charge in [-0.25, -0.2) is 18.6 Å². The number of benzene rings is 2.